The molecule has 0 fully saturated rings. The normalized spacial score (nSPS) is 11.2. The second-order valence-corrected chi connectivity index (χ2v) is 7.53. The molecular formula is C21H22ClN3O3. The van der Waals surface area contributed by atoms with E-state index in [1.165, 1.54) is 0 Å². The minimum absolute atomic E-state index is 0.0652. The van der Waals surface area contributed by atoms with Gasteiger partial charge in [0.15, 0.2) is 0 Å². The van der Waals surface area contributed by atoms with Gasteiger partial charge < -0.3 is 0 Å². The van der Waals surface area contributed by atoms with E-state index in [-0.39, 0.29) is 19.1 Å². The summed E-state index contributed by atoms with van der Waals surface area (Å²) in [6.07, 6.45) is 0. The number of benzene rings is 2. The highest BCUT2D eigenvalue weighted by Gasteiger charge is 2.18. The highest BCUT2D eigenvalue weighted by molar-refractivity contribution is 6.30. The molecule has 0 unspecified atom stereocenters. The molecule has 7 heteroatoms. The van der Waals surface area contributed by atoms with Crippen LogP contribution < -0.4 is 17.1 Å². The van der Waals surface area contributed by atoms with Crippen LogP contribution in [0.4, 0.5) is 0 Å². The van der Waals surface area contributed by atoms with Gasteiger partial charge >= 0.3 is 17.1 Å². The standard InChI is InChI=1S/C21H22ClN3O3/c1-14(2)25-20(27)23(12-16-6-4-15(3)5-7-16)19(26)24(21(25)28)13-17-8-10-18(22)11-9-17/h4-11,14H,12-13H2,1-3H3. The quantitative estimate of drug-likeness (QED) is 0.662. The number of hydrogen-bond acceptors (Lipinski definition) is 3. The van der Waals surface area contributed by atoms with Gasteiger partial charge in [0, 0.05) is 11.1 Å². The van der Waals surface area contributed by atoms with Crippen molar-refractivity contribution in [1.82, 2.24) is 13.7 Å². The highest BCUT2D eigenvalue weighted by Crippen LogP contribution is 2.10. The fourth-order valence-electron chi connectivity index (χ4n) is 3.01. The first-order chi connectivity index (χ1) is 13.3. The molecule has 0 aliphatic rings. The number of aromatic nitrogens is 3. The number of halogens is 1. The Bertz CT molecular complexity index is 1070. The second-order valence-electron chi connectivity index (χ2n) is 7.10. The minimum Gasteiger partial charge on any atom is -0.247 e. The molecule has 3 aromatic rings. The van der Waals surface area contributed by atoms with Crippen molar-refractivity contribution in [3.8, 4) is 0 Å². The van der Waals surface area contributed by atoms with Gasteiger partial charge in [0.25, 0.3) is 0 Å². The van der Waals surface area contributed by atoms with E-state index in [0.29, 0.717) is 5.02 Å². The molecule has 0 radical (unpaired) electrons. The summed E-state index contributed by atoms with van der Waals surface area (Å²) in [7, 11) is 0. The van der Waals surface area contributed by atoms with Crippen molar-refractivity contribution in [1.29, 1.82) is 0 Å². The van der Waals surface area contributed by atoms with E-state index in [9.17, 15) is 14.4 Å². The van der Waals surface area contributed by atoms with Crippen molar-refractivity contribution in [2.75, 3.05) is 0 Å². The van der Waals surface area contributed by atoms with Gasteiger partial charge in [0.05, 0.1) is 13.1 Å². The van der Waals surface area contributed by atoms with Gasteiger partial charge in [-0.25, -0.2) is 28.1 Å². The first-order valence-electron chi connectivity index (χ1n) is 9.04. The van der Waals surface area contributed by atoms with E-state index in [2.05, 4.69) is 0 Å². The lowest BCUT2D eigenvalue weighted by Crippen LogP contribution is -2.55. The summed E-state index contributed by atoms with van der Waals surface area (Å²) in [4.78, 5) is 38.7. The summed E-state index contributed by atoms with van der Waals surface area (Å²) in [5.41, 5.74) is 0.820. The Morgan fingerprint density at radius 3 is 1.61 bits per heavy atom. The van der Waals surface area contributed by atoms with Crippen molar-refractivity contribution < 1.29 is 0 Å². The third kappa shape index (κ3) is 4.02. The number of aryl methyl sites for hydroxylation is 1. The molecule has 0 amide bonds. The van der Waals surface area contributed by atoms with Crippen LogP contribution in [-0.4, -0.2) is 13.7 Å². The third-order valence-corrected chi connectivity index (χ3v) is 4.82. The van der Waals surface area contributed by atoms with Crippen LogP contribution in [0, 0.1) is 6.92 Å². The van der Waals surface area contributed by atoms with Gasteiger partial charge in [-0.15, -0.1) is 0 Å². The Kier molecular flexibility index (Phi) is 5.70. The fraction of sp³-hybridized carbons (Fsp3) is 0.286. The molecule has 146 valence electrons. The first-order valence-corrected chi connectivity index (χ1v) is 9.42. The smallest absolute Gasteiger partial charge is 0.247 e. The summed E-state index contributed by atoms with van der Waals surface area (Å²) in [6, 6.07) is 14.1. The lowest BCUT2D eigenvalue weighted by atomic mass is 10.1. The predicted octanol–water partition coefficient (Wildman–Crippen LogP) is 2.81. The Hall–Kier alpha value is -2.86. The van der Waals surface area contributed by atoms with E-state index in [1.807, 2.05) is 31.2 Å². The average Bonchev–Trinajstić information content (AvgIpc) is 2.65. The molecule has 0 N–H and O–H groups in total. The lowest BCUT2D eigenvalue weighted by molar-refractivity contribution is 0.439. The van der Waals surface area contributed by atoms with E-state index >= 15 is 0 Å². The molecule has 0 saturated heterocycles. The third-order valence-electron chi connectivity index (χ3n) is 4.57. The van der Waals surface area contributed by atoms with Crippen LogP contribution in [0.2, 0.25) is 5.02 Å². The van der Waals surface area contributed by atoms with E-state index in [1.54, 1.807) is 38.1 Å². The molecule has 0 spiro atoms. The molecular weight excluding hydrogens is 378 g/mol. The topological polar surface area (TPSA) is 66.0 Å². The van der Waals surface area contributed by atoms with E-state index in [0.717, 1.165) is 30.4 Å². The molecule has 0 atom stereocenters. The summed E-state index contributed by atoms with van der Waals surface area (Å²) >= 11 is 5.91. The summed E-state index contributed by atoms with van der Waals surface area (Å²) in [5, 5.41) is 0.569. The van der Waals surface area contributed by atoms with Gasteiger partial charge in [-0.1, -0.05) is 53.6 Å². The molecule has 2 aromatic carbocycles. The van der Waals surface area contributed by atoms with Crippen LogP contribution in [-0.2, 0) is 13.1 Å². The first kappa shape index (κ1) is 19.9. The zero-order valence-electron chi connectivity index (χ0n) is 16.1. The average molecular weight is 400 g/mol. The van der Waals surface area contributed by atoms with Crippen LogP contribution in [0.15, 0.2) is 62.9 Å². The van der Waals surface area contributed by atoms with Gasteiger partial charge in [0.1, 0.15) is 0 Å². The van der Waals surface area contributed by atoms with E-state index in [4.69, 9.17) is 11.6 Å². The molecule has 6 nitrogen and oxygen atoms in total. The Morgan fingerprint density at radius 2 is 1.18 bits per heavy atom. The van der Waals surface area contributed by atoms with Crippen LogP contribution in [0.1, 0.15) is 36.6 Å². The maximum Gasteiger partial charge on any atom is 0.336 e. The molecule has 0 bridgehead atoms. The van der Waals surface area contributed by atoms with E-state index < -0.39 is 17.1 Å². The zero-order valence-corrected chi connectivity index (χ0v) is 16.8. The SMILES string of the molecule is Cc1ccc(Cn2c(=O)n(Cc3ccc(Cl)cc3)c(=O)n(C(C)C)c2=O)cc1. The van der Waals surface area contributed by atoms with Crippen molar-refractivity contribution in [2.45, 2.75) is 39.9 Å². The molecule has 0 saturated carbocycles. The second kappa shape index (κ2) is 8.02. The Balaban J connectivity index is 2.16. The zero-order chi connectivity index (χ0) is 20.4. The maximum absolute atomic E-state index is 13.0. The molecule has 28 heavy (non-hydrogen) atoms. The van der Waals surface area contributed by atoms with Gasteiger partial charge in [-0.05, 0) is 44.0 Å². The monoisotopic (exact) mass is 399 g/mol. The van der Waals surface area contributed by atoms with Crippen LogP contribution >= 0.6 is 11.6 Å². The number of hydrogen-bond donors (Lipinski definition) is 0. The summed E-state index contributed by atoms with van der Waals surface area (Å²) in [6.45, 7) is 5.63. The number of rotatable bonds is 5. The largest absolute Gasteiger partial charge is 0.336 e. The fourth-order valence-corrected chi connectivity index (χ4v) is 3.14. The molecule has 0 aliphatic heterocycles. The Morgan fingerprint density at radius 1 is 0.750 bits per heavy atom. The lowest BCUT2D eigenvalue weighted by Gasteiger charge is -2.16. The molecule has 0 aliphatic carbocycles. The molecule has 3 rings (SSSR count). The van der Waals surface area contributed by atoms with Gasteiger partial charge in [-0.2, -0.15) is 0 Å². The highest BCUT2D eigenvalue weighted by atomic mass is 35.5. The maximum atomic E-state index is 13.0. The molecule has 1 aromatic heterocycles. The van der Waals surface area contributed by atoms with Crippen molar-refractivity contribution in [2.24, 2.45) is 0 Å². The van der Waals surface area contributed by atoms with Crippen LogP contribution in [0.25, 0.3) is 0 Å². The van der Waals surface area contributed by atoms with Gasteiger partial charge in [-0.3, -0.25) is 0 Å². The van der Waals surface area contributed by atoms with Crippen molar-refractivity contribution in [3.63, 3.8) is 0 Å². The summed E-state index contributed by atoms with van der Waals surface area (Å²) in [5.74, 6) is 0. The predicted molar refractivity (Wildman–Crippen MR) is 110 cm³/mol. The summed E-state index contributed by atoms with van der Waals surface area (Å²) < 4.78 is 3.33. The van der Waals surface area contributed by atoms with Crippen LogP contribution in [0.5, 0.6) is 0 Å². The van der Waals surface area contributed by atoms with Crippen molar-refractivity contribution in [3.05, 3.63) is 102 Å². The minimum atomic E-state index is -0.623. The molecule has 1 heterocycles. The number of nitrogens with zero attached hydrogens (tertiary/aromatic N) is 3. The Labute approximate surface area is 167 Å². The van der Waals surface area contributed by atoms with Crippen molar-refractivity contribution >= 4 is 11.6 Å². The van der Waals surface area contributed by atoms with Gasteiger partial charge in [0.2, 0.25) is 0 Å². The van der Waals surface area contributed by atoms with Crippen LogP contribution in [0.3, 0.4) is 0 Å².